The van der Waals surface area contributed by atoms with E-state index in [4.69, 9.17) is 4.74 Å². The zero-order valence-corrected chi connectivity index (χ0v) is 14.2. The molecule has 1 aliphatic heterocycles. The zero-order chi connectivity index (χ0) is 16.5. The molecule has 122 valence electrons. The van der Waals surface area contributed by atoms with E-state index < -0.39 is 10.0 Å². The first-order chi connectivity index (χ1) is 10.3. The number of hydrogen-bond donors (Lipinski definition) is 0. The van der Waals surface area contributed by atoms with Gasteiger partial charge in [0, 0.05) is 26.3 Å². The van der Waals surface area contributed by atoms with Gasteiger partial charge < -0.3 is 9.64 Å². The maximum Gasteiger partial charge on any atom is 0.253 e. The second-order valence-corrected chi connectivity index (χ2v) is 7.56. The molecular formula is C15H22N2O4S. The van der Waals surface area contributed by atoms with Crippen LogP contribution in [0.4, 0.5) is 5.69 Å². The van der Waals surface area contributed by atoms with Crippen LogP contribution in [-0.4, -0.2) is 58.8 Å². The number of carbonyl (C=O) groups excluding carboxylic acids is 1. The molecule has 1 unspecified atom stereocenters. The van der Waals surface area contributed by atoms with Crippen molar-refractivity contribution in [1.29, 1.82) is 0 Å². The predicted molar refractivity (Wildman–Crippen MR) is 85.8 cm³/mol. The molecule has 0 bridgehead atoms. The smallest absolute Gasteiger partial charge is 0.253 e. The van der Waals surface area contributed by atoms with Gasteiger partial charge in [-0.1, -0.05) is 0 Å². The number of sulfonamides is 1. The molecule has 0 saturated heterocycles. The summed E-state index contributed by atoms with van der Waals surface area (Å²) in [5.74, 6) is -0.0924. The third-order valence-electron chi connectivity index (χ3n) is 3.97. The Morgan fingerprint density at radius 2 is 2.14 bits per heavy atom. The highest BCUT2D eigenvalue weighted by molar-refractivity contribution is 7.92. The van der Waals surface area contributed by atoms with Crippen molar-refractivity contribution < 1.29 is 17.9 Å². The van der Waals surface area contributed by atoms with Gasteiger partial charge in [0.15, 0.2) is 0 Å². The molecule has 1 amide bonds. The lowest BCUT2D eigenvalue weighted by atomic mass is 10.1. The molecule has 0 aromatic heterocycles. The highest BCUT2D eigenvalue weighted by Gasteiger charge is 2.27. The summed E-state index contributed by atoms with van der Waals surface area (Å²) in [4.78, 5) is 14.1. The van der Waals surface area contributed by atoms with Crippen molar-refractivity contribution >= 4 is 21.6 Å². The number of amides is 1. The molecule has 0 aliphatic carbocycles. The Bertz CT molecular complexity index is 672. The number of hydrogen-bond acceptors (Lipinski definition) is 4. The molecule has 1 aromatic carbocycles. The normalized spacial score (nSPS) is 15.5. The molecule has 0 spiro atoms. The molecule has 1 aromatic rings. The van der Waals surface area contributed by atoms with Gasteiger partial charge in [-0.3, -0.25) is 9.10 Å². The maximum absolute atomic E-state index is 12.5. The molecule has 22 heavy (non-hydrogen) atoms. The fourth-order valence-corrected chi connectivity index (χ4v) is 3.56. The number of methoxy groups -OCH3 is 1. The Balaban J connectivity index is 2.24. The number of fused-ring (bicyclic) bond motifs is 1. The van der Waals surface area contributed by atoms with Crippen LogP contribution in [0.1, 0.15) is 22.8 Å². The molecule has 7 heteroatoms. The number of carbonyl (C=O) groups is 1. The van der Waals surface area contributed by atoms with Gasteiger partial charge in [0.25, 0.3) is 5.91 Å². The topological polar surface area (TPSA) is 66.9 Å². The van der Waals surface area contributed by atoms with Crippen molar-refractivity contribution in [3.8, 4) is 0 Å². The average molecular weight is 326 g/mol. The largest absolute Gasteiger partial charge is 0.383 e. The standard InChI is InChI=1S/C15H22N2O4S/c1-11(10-21-3)16(2)15(18)13-5-6-14-12(9-13)7-8-17(14)22(4,19)20/h5-6,9,11H,7-8,10H2,1-4H3. The number of likely N-dealkylation sites (N-methyl/N-ethyl adjacent to an activating group) is 1. The monoisotopic (exact) mass is 326 g/mol. The van der Waals surface area contributed by atoms with E-state index in [2.05, 4.69) is 0 Å². The van der Waals surface area contributed by atoms with Crippen LogP contribution in [0, 0.1) is 0 Å². The summed E-state index contributed by atoms with van der Waals surface area (Å²) >= 11 is 0. The van der Waals surface area contributed by atoms with E-state index in [0.717, 1.165) is 5.56 Å². The van der Waals surface area contributed by atoms with Crippen molar-refractivity contribution in [3.63, 3.8) is 0 Å². The summed E-state index contributed by atoms with van der Waals surface area (Å²) in [7, 11) is 0.0746. The molecule has 0 radical (unpaired) electrons. The summed E-state index contributed by atoms with van der Waals surface area (Å²) in [6.45, 7) is 2.82. The zero-order valence-electron chi connectivity index (χ0n) is 13.4. The van der Waals surface area contributed by atoms with Gasteiger partial charge in [-0.05, 0) is 37.1 Å². The summed E-state index contributed by atoms with van der Waals surface area (Å²) in [6.07, 6.45) is 1.82. The second kappa shape index (κ2) is 6.26. The third-order valence-corrected chi connectivity index (χ3v) is 5.15. The lowest BCUT2D eigenvalue weighted by molar-refractivity contribution is 0.0633. The minimum absolute atomic E-state index is 0.0294. The molecule has 1 aliphatic rings. The van der Waals surface area contributed by atoms with Crippen LogP contribution >= 0.6 is 0 Å². The SMILES string of the molecule is COCC(C)N(C)C(=O)c1ccc2c(c1)CCN2S(C)(=O)=O. The molecule has 0 N–H and O–H groups in total. The summed E-state index contributed by atoms with van der Waals surface area (Å²) < 4.78 is 29.9. The number of rotatable bonds is 5. The number of ether oxygens (including phenoxy) is 1. The fraction of sp³-hybridized carbons (Fsp3) is 0.533. The van der Waals surface area contributed by atoms with E-state index in [1.165, 1.54) is 10.6 Å². The van der Waals surface area contributed by atoms with Crippen LogP contribution in [0.2, 0.25) is 0 Å². The lowest BCUT2D eigenvalue weighted by Gasteiger charge is -2.24. The van der Waals surface area contributed by atoms with Gasteiger partial charge in [0.2, 0.25) is 10.0 Å². The highest BCUT2D eigenvalue weighted by Crippen LogP contribution is 2.31. The minimum Gasteiger partial charge on any atom is -0.383 e. The van der Waals surface area contributed by atoms with E-state index in [0.29, 0.717) is 30.8 Å². The van der Waals surface area contributed by atoms with Crippen molar-refractivity contribution in [3.05, 3.63) is 29.3 Å². The molecular weight excluding hydrogens is 304 g/mol. The maximum atomic E-state index is 12.5. The van der Waals surface area contributed by atoms with E-state index in [1.807, 2.05) is 6.92 Å². The Morgan fingerprint density at radius 1 is 1.45 bits per heavy atom. The number of benzene rings is 1. The first kappa shape index (κ1) is 16.8. The fourth-order valence-electron chi connectivity index (χ4n) is 2.61. The average Bonchev–Trinajstić information content (AvgIpc) is 2.88. The van der Waals surface area contributed by atoms with Crippen LogP contribution in [-0.2, 0) is 21.2 Å². The van der Waals surface area contributed by atoms with Crippen molar-refractivity contribution in [2.75, 3.05) is 37.9 Å². The summed E-state index contributed by atoms with van der Waals surface area (Å²) in [5.41, 5.74) is 2.13. The van der Waals surface area contributed by atoms with E-state index in [-0.39, 0.29) is 11.9 Å². The lowest BCUT2D eigenvalue weighted by Crippen LogP contribution is -2.37. The van der Waals surface area contributed by atoms with Gasteiger partial charge in [-0.2, -0.15) is 0 Å². The van der Waals surface area contributed by atoms with Gasteiger partial charge in [-0.15, -0.1) is 0 Å². The predicted octanol–water partition coefficient (Wildman–Crippen LogP) is 1.12. The van der Waals surface area contributed by atoms with Crippen LogP contribution in [0.25, 0.3) is 0 Å². The molecule has 0 fully saturated rings. The third kappa shape index (κ3) is 3.25. The number of nitrogens with zero attached hydrogens (tertiary/aromatic N) is 2. The molecule has 6 nitrogen and oxygen atoms in total. The van der Waals surface area contributed by atoms with E-state index in [9.17, 15) is 13.2 Å². The van der Waals surface area contributed by atoms with Crippen LogP contribution in [0.3, 0.4) is 0 Å². The van der Waals surface area contributed by atoms with Crippen molar-refractivity contribution in [1.82, 2.24) is 4.90 Å². The van der Waals surface area contributed by atoms with Gasteiger partial charge in [0.1, 0.15) is 0 Å². The van der Waals surface area contributed by atoms with Gasteiger partial charge in [-0.25, -0.2) is 8.42 Å². The van der Waals surface area contributed by atoms with Gasteiger partial charge in [0.05, 0.1) is 24.6 Å². The summed E-state index contributed by atoms with van der Waals surface area (Å²) in [5, 5.41) is 0. The molecule has 1 atom stereocenters. The van der Waals surface area contributed by atoms with Crippen molar-refractivity contribution in [2.45, 2.75) is 19.4 Å². The Kier molecular flexibility index (Phi) is 4.77. The van der Waals surface area contributed by atoms with E-state index >= 15 is 0 Å². The highest BCUT2D eigenvalue weighted by atomic mass is 32.2. The molecule has 2 rings (SSSR count). The van der Waals surface area contributed by atoms with Crippen LogP contribution in [0.15, 0.2) is 18.2 Å². The van der Waals surface area contributed by atoms with Gasteiger partial charge >= 0.3 is 0 Å². The van der Waals surface area contributed by atoms with Crippen molar-refractivity contribution in [2.24, 2.45) is 0 Å². The molecule has 1 heterocycles. The van der Waals surface area contributed by atoms with E-state index in [1.54, 1.807) is 37.3 Å². The minimum atomic E-state index is -3.26. The molecule has 0 saturated carbocycles. The Labute approximate surface area is 131 Å². The first-order valence-corrected chi connectivity index (χ1v) is 8.97. The summed E-state index contributed by atoms with van der Waals surface area (Å²) in [6, 6.07) is 5.16. The quantitative estimate of drug-likeness (QED) is 0.813. The Hall–Kier alpha value is -1.60. The second-order valence-electron chi connectivity index (χ2n) is 5.65. The van der Waals surface area contributed by atoms with Crippen LogP contribution < -0.4 is 4.31 Å². The van der Waals surface area contributed by atoms with Crippen LogP contribution in [0.5, 0.6) is 0 Å². The number of anilines is 1. The first-order valence-electron chi connectivity index (χ1n) is 7.12. The Morgan fingerprint density at radius 3 is 2.73 bits per heavy atom.